The number of esters is 1. The van der Waals surface area contributed by atoms with Crippen LogP contribution in [-0.2, 0) is 19.1 Å². The first-order valence-electron chi connectivity index (χ1n) is 9.31. The Morgan fingerprint density at radius 2 is 1.53 bits per heavy atom. The van der Waals surface area contributed by atoms with Crippen LogP contribution in [0.25, 0.3) is 0 Å². The van der Waals surface area contributed by atoms with Crippen LogP contribution in [0.3, 0.4) is 0 Å². The molecule has 0 atom stereocenters. The van der Waals surface area contributed by atoms with Crippen LogP contribution >= 0.6 is 0 Å². The third-order valence-electron chi connectivity index (χ3n) is 3.83. The molecule has 0 unspecified atom stereocenters. The van der Waals surface area contributed by atoms with Crippen LogP contribution in [0.1, 0.15) is 38.1 Å². The Balaban J connectivity index is 2.98. The van der Waals surface area contributed by atoms with Gasteiger partial charge in [0.15, 0.2) is 18.1 Å². The molecule has 10 nitrogen and oxygen atoms in total. The minimum atomic E-state index is -0.853. The summed E-state index contributed by atoms with van der Waals surface area (Å²) in [6.07, 6.45) is 0. The topological polar surface area (TPSA) is 132 Å². The highest BCUT2D eigenvalue weighted by Gasteiger charge is 2.25. The number of anilines is 1. The largest absolute Gasteiger partial charge is 0.493 e. The minimum absolute atomic E-state index is 0.0122. The second-order valence-electron chi connectivity index (χ2n) is 7.26. The highest BCUT2D eigenvalue weighted by atomic mass is 16.5. The van der Waals surface area contributed by atoms with E-state index in [1.54, 1.807) is 27.7 Å². The monoisotopic (exact) mass is 423 g/mol. The summed E-state index contributed by atoms with van der Waals surface area (Å²) in [7, 11) is 2.82. The SMILES string of the molecule is CCNC(=O)CNC(=O)COC(=O)c1cc(OC)c(OC)cc1NC(=O)C(C)(C)C. The van der Waals surface area contributed by atoms with Crippen LogP contribution in [0, 0.1) is 5.41 Å². The first kappa shape index (κ1) is 24.7. The van der Waals surface area contributed by atoms with E-state index < -0.39 is 23.9 Å². The molecule has 1 rings (SSSR count). The maximum Gasteiger partial charge on any atom is 0.340 e. The minimum Gasteiger partial charge on any atom is -0.493 e. The fraction of sp³-hybridized carbons (Fsp3) is 0.500. The van der Waals surface area contributed by atoms with Crippen LogP contribution in [-0.4, -0.2) is 57.6 Å². The van der Waals surface area contributed by atoms with Gasteiger partial charge in [-0.2, -0.15) is 0 Å². The van der Waals surface area contributed by atoms with E-state index in [9.17, 15) is 19.2 Å². The number of methoxy groups -OCH3 is 2. The van der Waals surface area contributed by atoms with Gasteiger partial charge >= 0.3 is 5.97 Å². The Hall–Kier alpha value is -3.30. The first-order chi connectivity index (χ1) is 14.0. The van der Waals surface area contributed by atoms with Crippen LogP contribution in [0.5, 0.6) is 11.5 Å². The summed E-state index contributed by atoms with van der Waals surface area (Å²) in [6.45, 7) is 6.53. The summed E-state index contributed by atoms with van der Waals surface area (Å²) in [5.41, 5.74) is -0.574. The van der Waals surface area contributed by atoms with Gasteiger partial charge in [-0.15, -0.1) is 0 Å². The summed E-state index contributed by atoms with van der Waals surface area (Å²) >= 11 is 0. The molecule has 0 spiro atoms. The average molecular weight is 423 g/mol. The van der Waals surface area contributed by atoms with Crippen molar-refractivity contribution in [3.05, 3.63) is 17.7 Å². The third kappa shape index (κ3) is 7.26. The number of benzene rings is 1. The lowest BCUT2D eigenvalue weighted by atomic mass is 9.95. The lowest BCUT2D eigenvalue weighted by molar-refractivity contribution is -0.127. The lowest BCUT2D eigenvalue weighted by Crippen LogP contribution is -2.38. The Labute approximate surface area is 175 Å². The zero-order valence-corrected chi connectivity index (χ0v) is 18.1. The number of rotatable bonds is 9. The van der Waals surface area contributed by atoms with E-state index in [4.69, 9.17) is 14.2 Å². The molecule has 0 aromatic heterocycles. The number of carbonyl (C=O) groups is 4. The Morgan fingerprint density at radius 1 is 0.933 bits per heavy atom. The highest BCUT2D eigenvalue weighted by molar-refractivity contribution is 6.04. The van der Waals surface area contributed by atoms with E-state index in [-0.39, 0.29) is 35.4 Å². The molecule has 0 saturated carbocycles. The molecular weight excluding hydrogens is 394 g/mol. The van der Waals surface area contributed by atoms with Crippen molar-refractivity contribution in [3.63, 3.8) is 0 Å². The van der Waals surface area contributed by atoms with Gasteiger partial charge in [0.25, 0.3) is 5.91 Å². The number of likely N-dealkylation sites (N-methyl/N-ethyl adjacent to an activating group) is 1. The zero-order valence-electron chi connectivity index (χ0n) is 18.1. The number of amides is 3. The maximum absolute atomic E-state index is 12.6. The molecule has 3 amide bonds. The fourth-order valence-electron chi connectivity index (χ4n) is 2.16. The van der Waals surface area contributed by atoms with E-state index in [1.165, 1.54) is 26.4 Å². The molecule has 1 aromatic rings. The van der Waals surface area contributed by atoms with Crippen LogP contribution < -0.4 is 25.4 Å². The second kappa shape index (κ2) is 11.0. The van der Waals surface area contributed by atoms with E-state index in [0.717, 1.165) is 0 Å². The van der Waals surface area contributed by atoms with Crippen molar-refractivity contribution in [1.82, 2.24) is 10.6 Å². The number of ether oxygens (including phenoxy) is 3. The maximum atomic E-state index is 12.6. The zero-order chi connectivity index (χ0) is 22.9. The predicted molar refractivity (Wildman–Crippen MR) is 110 cm³/mol. The molecule has 166 valence electrons. The van der Waals surface area contributed by atoms with Crippen molar-refractivity contribution < 1.29 is 33.4 Å². The van der Waals surface area contributed by atoms with Gasteiger partial charge in [0, 0.05) is 24.1 Å². The molecule has 0 radical (unpaired) electrons. The second-order valence-corrected chi connectivity index (χ2v) is 7.26. The smallest absolute Gasteiger partial charge is 0.340 e. The van der Waals surface area contributed by atoms with Gasteiger partial charge in [-0.25, -0.2) is 4.79 Å². The Kier molecular flexibility index (Phi) is 9.10. The summed E-state index contributed by atoms with van der Waals surface area (Å²) in [6, 6.07) is 2.79. The summed E-state index contributed by atoms with van der Waals surface area (Å²) in [5, 5.41) is 7.53. The van der Waals surface area contributed by atoms with Gasteiger partial charge in [0.05, 0.1) is 32.0 Å². The van der Waals surface area contributed by atoms with Gasteiger partial charge in [-0.05, 0) is 6.92 Å². The van der Waals surface area contributed by atoms with Crippen molar-refractivity contribution in [3.8, 4) is 11.5 Å². The summed E-state index contributed by atoms with van der Waals surface area (Å²) in [4.78, 5) is 48.2. The lowest BCUT2D eigenvalue weighted by Gasteiger charge is -2.20. The van der Waals surface area contributed by atoms with Crippen molar-refractivity contribution in [2.75, 3.05) is 39.2 Å². The molecule has 0 saturated heterocycles. The van der Waals surface area contributed by atoms with Gasteiger partial charge in [-0.3, -0.25) is 14.4 Å². The normalized spacial score (nSPS) is 10.6. The molecule has 0 fully saturated rings. The molecule has 0 aliphatic heterocycles. The van der Waals surface area contributed by atoms with E-state index in [0.29, 0.717) is 12.3 Å². The van der Waals surface area contributed by atoms with Crippen molar-refractivity contribution in [2.24, 2.45) is 5.41 Å². The molecule has 0 aliphatic carbocycles. The van der Waals surface area contributed by atoms with Crippen LogP contribution in [0.2, 0.25) is 0 Å². The first-order valence-corrected chi connectivity index (χ1v) is 9.31. The fourth-order valence-corrected chi connectivity index (χ4v) is 2.16. The van der Waals surface area contributed by atoms with Crippen molar-refractivity contribution in [1.29, 1.82) is 0 Å². The van der Waals surface area contributed by atoms with Gasteiger partial charge in [-0.1, -0.05) is 20.8 Å². The Bertz CT molecular complexity index is 800. The average Bonchev–Trinajstić information content (AvgIpc) is 2.69. The van der Waals surface area contributed by atoms with Crippen molar-refractivity contribution >= 4 is 29.4 Å². The standard InChI is InChI=1S/C20H29N3O7/c1-7-21-16(24)10-22-17(25)11-30-18(26)12-8-14(28-5)15(29-6)9-13(12)23-19(27)20(2,3)4/h8-9H,7,10-11H2,1-6H3,(H,21,24)(H,22,25)(H,23,27). The third-order valence-corrected chi connectivity index (χ3v) is 3.83. The highest BCUT2D eigenvalue weighted by Crippen LogP contribution is 2.34. The van der Waals surface area contributed by atoms with Gasteiger partial charge in [0.1, 0.15) is 0 Å². The number of hydrogen-bond acceptors (Lipinski definition) is 7. The summed E-state index contributed by atoms with van der Waals surface area (Å²) < 4.78 is 15.5. The number of nitrogens with one attached hydrogen (secondary N) is 3. The molecule has 1 aromatic carbocycles. The predicted octanol–water partition coefficient (Wildman–Crippen LogP) is 1.10. The molecule has 0 aliphatic rings. The van der Waals surface area contributed by atoms with Gasteiger partial charge in [0.2, 0.25) is 11.8 Å². The molecule has 0 heterocycles. The number of carbonyl (C=O) groups excluding carboxylic acids is 4. The molecular formula is C20H29N3O7. The van der Waals surface area contributed by atoms with Crippen molar-refractivity contribution in [2.45, 2.75) is 27.7 Å². The molecule has 30 heavy (non-hydrogen) atoms. The molecule has 10 heteroatoms. The number of hydrogen-bond donors (Lipinski definition) is 3. The van der Waals surface area contributed by atoms with E-state index >= 15 is 0 Å². The van der Waals surface area contributed by atoms with Crippen LogP contribution in [0.15, 0.2) is 12.1 Å². The van der Waals surface area contributed by atoms with Crippen LogP contribution in [0.4, 0.5) is 5.69 Å². The van der Waals surface area contributed by atoms with Gasteiger partial charge < -0.3 is 30.2 Å². The molecule has 0 bridgehead atoms. The Morgan fingerprint density at radius 3 is 2.07 bits per heavy atom. The van der Waals surface area contributed by atoms with E-state index in [2.05, 4.69) is 16.0 Å². The summed E-state index contributed by atoms with van der Waals surface area (Å²) in [5.74, 6) is -1.63. The van der Waals surface area contributed by atoms with E-state index in [1.807, 2.05) is 0 Å². The quantitative estimate of drug-likeness (QED) is 0.507. The molecule has 3 N–H and O–H groups in total.